The molecule has 0 aromatic carbocycles. The van der Waals surface area contributed by atoms with Gasteiger partial charge in [-0.3, -0.25) is 4.99 Å². The maximum absolute atomic E-state index is 4.10. The van der Waals surface area contributed by atoms with Crippen LogP contribution in [-0.2, 0) is 0 Å². The van der Waals surface area contributed by atoms with Crippen molar-refractivity contribution in [2.75, 3.05) is 0 Å². The van der Waals surface area contributed by atoms with Crippen molar-refractivity contribution in [1.29, 1.82) is 0 Å². The van der Waals surface area contributed by atoms with Crippen molar-refractivity contribution in [2.24, 2.45) is 4.99 Å². The summed E-state index contributed by atoms with van der Waals surface area (Å²) < 4.78 is 0. The summed E-state index contributed by atoms with van der Waals surface area (Å²) in [5, 5.41) is 3.30. The molecule has 0 amide bonds. The lowest BCUT2D eigenvalue weighted by Crippen LogP contribution is -2.25. The minimum absolute atomic E-state index is 0.436. The average molecular weight is 256 g/mol. The Balaban J connectivity index is -0.000000141. The number of aliphatic imine (C=N–C) groups is 1. The van der Waals surface area contributed by atoms with Crippen LogP contribution in [0.5, 0.6) is 0 Å². The maximum atomic E-state index is 4.10. The molecular weight excluding hydrogens is 220 g/mol. The second kappa shape index (κ2) is 25.0. The van der Waals surface area contributed by atoms with Crippen molar-refractivity contribution in [2.45, 2.75) is 75.3 Å². The molecule has 0 aliphatic rings. The van der Waals surface area contributed by atoms with Crippen LogP contribution in [-0.4, -0.2) is 11.8 Å². The van der Waals surface area contributed by atoms with E-state index < -0.39 is 0 Å². The van der Waals surface area contributed by atoms with Gasteiger partial charge in [0.1, 0.15) is 0 Å². The summed E-state index contributed by atoms with van der Waals surface area (Å²) in [6.07, 6.45) is 3.57. The molecule has 0 aliphatic carbocycles. The fraction of sp³-hybridized carbons (Fsp3) is 0.688. The number of allylic oxidation sites excluding steroid dienone is 2. The Morgan fingerprint density at radius 1 is 1.06 bits per heavy atom. The number of hydrogen-bond acceptors (Lipinski definition) is 2. The summed E-state index contributed by atoms with van der Waals surface area (Å²) in [6, 6.07) is 0.436. The number of nitrogens with zero attached hydrogens (tertiary/aromatic N) is 1. The highest BCUT2D eigenvalue weighted by atomic mass is 14.9. The summed E-state index contributed by atoms with van der Waals surface area (Å²) >= 11 is 0. The quantitative estimate of drug-likeness (QED) is 0.653. The first-order chi connectivity index (χ1) is 8.61. The molecule has 0 radical (unpaired) electrons. The SMILES string of the molecule is C=CN=C(C)/C(=C\C)NC(C)C.CC.CC.CC. The molecule has 2 nitrogen and oxygen atoms in total. The summed E-state index contributed by atoms with van der Waals surface area (Å²) in [4.78, 5) is 4.10. The van der Waals surface area contributed by atoms with Gasteiger partial charge in [0.2, 0.25) is 0 Å². The fourth-order valence-corrected chi connectivity index (χ4v) is 0.914. The van der Waals surface area contributed by atoms with Gasteiger partial charge in [0.05, 0.1) is 11.4 Å². The van der Waals surface area contributed by atoms with E-state index in [1.165, 1.54) is 0 Å². The van der Waals surface area contributed by atoms with Crippen molar-refractivity contribution in [3.05, 3.63) is 24.6 Å². The van der Waals surface area contributed by atoms with Gasteiger partial charge >= 0.3 is 0 Å². The molecule has 0 rings (SSSR count). The van der Waals surface area contributed by atoms with Crippen molar-refractivity contribution in [3.8, 4) is 0 Å². The summed E-state index contributed by atoms with van der Waals surface area (Å²) in [6.45, 7) is 23.7. The first-order valence-corrected chi connectivity index (χ1v) is 7.20. The first-order valence-electron chi connectivity index (χ1n) is 7.20. The Morgan fingerprint density at radius 3 is 1.67 bits per heavy atom. The molecule has 0 unspecified atom stereocenters. The molecule has 0 saturated heterocycles. The van der Waals surface area contributed by atoms with Crippen LogP contribution in [0.25, 0.3) is 0 Å². The normalized spacial score (nSPS) is 9.94. The molecule has 2 heteroatoms. The third kappa shape index (κ3) is 20.4. The van der Waals surface area contributed by atoms with Crippen molar-refractivity contribution in [1.82, 2.24) is 5.32 Å². The molecule has 0 aromatic rings. The molecule has 0 spiro atoms. The van der Waals surface area contributed by atoms with Crippen LogP contribution >= 0.6 is 0 Å². The summed E-state index contributed by atoms with van der Waals surface area (Å²) in [5.41, 5.74) is 2.05. The standard InChI is InChI=1S/C10H18N2.3C2H6/c1-6-10(12-8(3)4)9(5)11-7-2;3*1-2/h6-8,12H,2H2,1,3-5H3;3*1-2H3/b10-6+,11-9?;;;. The van der Waals surface area contributed by atoms with Gasteiger partial charge in [-0.1, -0.05) is 54.2 Å². The van der Waals surface area contributed by atoms with Crippen molar-refractivity contribution >= 4 is 5.71 Å². The Hall–Kier alpha value is -1.05. The summed E-state index contributed by atoms with van der Waals surface area (Å²) in [7, 11) is 0. The monoisotopic (exact) mass is 256 g/mol. The van der Waals surface area contributed by atoms with Crippen LogP contribution in [0.3, 0.4) is 0 Å². The molecule has 0 aromatic heterocycles. The molecule has 0 aliphatic heterocycles. The Bertz CT molecular complexity index is 201. The van der Waals surface area contributed by atoms with Crippen LogP contribution in [0, 0.1) is 0 Å². The number of nitrogens with one attached hydrogen (secondary N) is 1. The zero-order chi connectivity index (χ0) is 15.6. The minimum Gasteiger partial charge on any atom is -0.382 e. The van der Waals surface area contributed by atoms with Crippen molar-refractivity contribution < 1.29 is 0 Å². The molecule has 0 atom stereocenters. The van der Waals surface area contributed by atoms with E-state index >= 15 is 0 Å². The largest absolute Gasteiger partial charge is 0.382 e. The molecular formula is C16H36N2. The maximum Gasteiger partial charge on any atom is 0.0600 e. The van der Waals surface area contributed by atoms with Gasteiger partial charge in [0.25, 0.3) is 0 Å². The lowest BCUT2D eigenvalue weighted by Gasteiger charge is -2.12. The van der Waals surface area contributed by atoms with E-state index in [-0.39, 0.29) is 0 Å². The molecule has 1 N–H and O–H groups in total. The van der Waals surface area contributed by atoms with E-state index in [1.54, 1.807) is 6.20 Å². The van der Waals surface area contributed by atoms with Gasteiger partial charge in [0.15, 0.2) is 0 Å². The molecule has 110 valence electrons. The van der Waals surface area contributed by atoms with E-state index in [4.69, 9.17) is 0 Å². The third-order valence-electron chi connectivity index (χ3n) is 1.41. The Morgan fingerprint density at radius 2 is 1.44 bits per heavy atom. The van der Waals surface area contributed by atoms with Gasteiger partial charge < -0.3 is 5.32 Å². The second-order valence-corrected chi connectivity index (χ2v) is 2.90. The van der Waals surface area contributed by atoms with Crippen LogP contribution in [0.1, 0.15) is 69.2 Å². The predicted octanol–water partition coefficient (Wildman–Crippen LogP) is 5.57. The number of hydrogen-bond donors (Lipinski definition) is 1. The smallest absolute Gasteiger partial charge is 0.0600 e. The average Bonchev–Trinajstić information content (AvgIpc) is 2.43. The highest BCUT2D eigenvalue weighted by Gasteiger charge is 2.00. The lowest BCUT2D eigenvalue weighted by molar-refractivity contribution is 0.686. The third-order valence-corrected chi connectivity index (χ3v) is 1.41. The van der Waals surface area contributed by atoms with E-state index in [1.807, 2.05) is 61.5 Å². The van der Waals surface area contributed by atoms with Crippen molar-refractivity contribution in [3.63, 3.8) is 0 Å². The molecule has 18 heavy (non-hydrogen) atoms. The predicted molar refractivity (Wildman–Crippen MR) is 89.4 cm³/mol. The zero-order valence-corrected chi connectivity index (χ0v) is 14.4. The highest BCUT2D eigenvalue weighted by Crippen LogP contribution is 1.96. The topological polar surface area (TPSA) is 24.4 Å². The Kier molecular flexibility index (Phi) is 35.7. The van der Waals surface area contributed by atoms with E-state index in [0.717, 1.165) is 11.4 Å². The molecule has 0 saturated carbocycles. The van der Waals surface area contributed by atoms with Gasteiger partial charge in [0, 0.05) is 12.2 Å². The lowest BCUT2D eigenvalue weighted by atomic mass is 10.2. The molecule has 0 heterocycles. The van der Waals surface area contributed by atoms with Gasteiger partial charge in [-0.05, 0) is 27.7 Å². The van der Waals surface area contributed by atoms with E-state index in [9.17, 15) is 0 Å². The summed E-state index contributed by atoms with van der Waals surface area (Å²) in [5.74, 6) is 0. The van der Waals surface area contributed by atoms with Gasteiger partial charge in [-0.25, -0.2) is 0 Å². The van der Waals surface area contributed by atoms with Crippen LogP contribution in [0.15, 0.2) is 29.5 Å². The molecule has 0 bridgehead atoms. The first kappa shape index (κ1) is 25.7. The zero-order valence-electron chi connectivity index (χ0n) is 14.4. The van der Waals surface area contributed by atoms with Crippen LogP contribution in [0.2, 0.25) is 0 Å². The number of rotatable bonds is 4. The molecule has 0 fully saturated rings. The Labute approximate surface area is 116 Å². The van der Waals surface area contributed by atoms with Gasteiger partial charge in [-0.15, -0.1) is 0 Å². The highest BCUT2D eigenvalue weighted by molar-refractivity contribution is 5.97. The van der Waals surface area contributed by atoms with Crippen LogP contribution < -0.4 is 5.32 Å². The van der Waals surface area contributed by atoms with Crippen LogP contribution in [0.4, 0.5) is 0 Å². The minimum atomic E-state index is 0.436. The fourth-order valence-electron chi connectivity index (χ4n) is 0.914. The van der Waals surface area contributed by atoms with Gasteiger partial charge in [-0.2, -0.15) is 0 Å². The van der Waals surface area contributed by atoms with E-state index in [0.29, 0.717) is 6.04 Å². The van der Waals surface area contributed by atoms with E-state index in [2.05, 4.69) is 30.7 Å². The second-order valence-electron chi connectivity index (χ2n) is 2.90.